The number of aryl methyl sites for hydroxylation is 1. The van der Waals surface area contributed by atoms with Crippen LogP contribution in [0.4, 0.5) is 0 Å². The fourth-order valence-electron chi connectivity index (χ4n) is 3.67. The lowest BCUT2D eigenvalue weighted by molar-refractivity contribution is 0.137. The van der Waals surface area contributed by atoms with Gasteiger partial charge in [0.2, 0.25) is 0 Å². The zero-order valence-corrected chi connectivity index (χ0v) is 15.0. The van der Waals surface area contributed by atoms with Crippen LogP contribution in [0.1, 0.15) is 22.7 Å². The normalized spacial score (nSPS) is 20.7. The lowest BCUT2D eigenvalue weighted by atomic mass is 10.0. The second-order valence-corrected chi connectivity index (χ2v) is 7.16. The Labute approximate surface area is 153 Å². The number of likely N-dealkylation sites (tertiary alicyclic amines) is 1. The standard InChI is InChI=1S/C20H24N4O2/c1-15-7-19(26-22-15)8-17-11-23(13-20(17)25)12-18-9-21-14-24(18)10-16-5-3-2-4-6-16/h2-7,9,14,17,20,25H,8,10-13H2,1H3/t17-,20-/m1/s1. The molecule has 0 saturated carbocycles. The third kappa shape index (κ3) is 3.86. The third-order valence-electron chi connectivity index (χ3n) is 5.00. The monoisotopic (exact) mass is 352 g/mol. The molecule has 0 amide bonds. The van der Waals surface area contributed by atoms with E-state index >= 15 is 0 Å². The number of hydrogen-bond acceptors (Lipinski definition) is 5. The summed E-state index contributed by atoms with van der Waals surface area (Å²) in [4.78, 5) is 6.61. The quantitative estimate of drug-likeness (QED) is 0.737. The summed E-state index contributed by atoms with van der Waals surface area (Å²) >= 11 is 0. The number of imidazole rings is 1. The van der Waals surface area contributed by atoms with Gasteiger partial charge in [-0.1, -0.05) is 35.5 Å². The minimum absolute atomic E-state index is 0.174. The van der Waals surface area contributed by atoms with Gasteiger partial charge >= 0.3 is 0 Å². The third-order valence-corrected chi connectivity index (χ3v) is 5.00. The Kier molecular flexibility index (Phi) is 4.86. The first-order valence-corrected chi connectivity index (χ1v) is 9.03. The van der Waals surface area contributed by atoms with Crippen LogP contribution in [-0.4, -0.2) is 43.9 Å². The highest BCUT2D eigenvalue weighted by atomic mass is 16.5. The Morgan fingerprint density at radius 2 is 2.04 bits per heavy atom. The Bertz CT molecular complexity index is 842. The summed E-state index contributed by atoms with van der Waals surface area (Å²) in [5.74, 6) is 1.02. The molecule has 3 aromatic rings. The molecule has 3 heterocycles. The second-order valence-electron chi connectivity index (χ2n) is 7.16. The number of rotatable bonds is 6. The molecule has 1 aliphatic heterocycles. The summed E-state index contributed by atoms with van der Waals surface area (Å²) < 4.78 is 7.48. The van der Waals surface area contributed by atoms with E-state index in [0.29, 0.717) is 6.54 Å². The van der Waals surface area contributed by atoms with Crippen molar-refractivity contribution in [2.24, 2.45) is 5.92 Å². The van der Waals surface area contributed by atoms with Gasteiger partial charge in [-0.15, -0.1) is 0 Å². The molecule has 26 heavy (non-hydrogen) atoms. The Hall–Kier alpha value is -2.44. The van der Waals surface area contributed by atoms with E-state index in [0.717, 1.165) is 43.2 Å². The molecule has 0 aliphatic carbocycles. The van der Waals surface area contributed by atoms with Crippen LogP contribution >= 0.6 is 0 Å². The predicted octanol–water partition coefficient (Wildman–Crippen LogP) is 2.26. The van der Waals surface area contributed by atoms with Crippen molar-refractivity contribution in [2.45, 2.75) is 32.5 Å². The number of β-amino-alcohol motifs (C(OH)–C–C–N with tert-alkyl or cyclic N) is 1. The molecule has 1 aromatic carbocycles. The fourth-order valence-corrected chi connectivity index (χ4v) is 3.67. The molecule has 6 nitrogen and oxygen atoms in total. The molecule has 6 heteroatoms. The van der Waals surface area contributed by atoms with Gasteiger partial charge in [-0.2, -0.15) is 0 Å². The van der Waals surface area contributed by atoms with Crippen LogP contribution in [0.3, 0.4) is 0 Å². The van der Waals surface area contributed by atoms with Crippen LogP contribution in [0, 0.1) is 12.8 Å². The molecule has 1 fully saturated rings. The van der Waals surface area contributed by atoms with Crippen molar-refractivity contribution in [3.63, 3.8) is 0 Å². The molecule has 0 spiro atoms. The van der Waals surface area contributed by atoms with Gasteiger partial charge in [-0.05, 0) is 12.5 Å². The van der Waals surface area contributed by atoms with E-state index in [4.69, 9.17) is 4.52 Å². The summed E-state index contributed by atoms with van der Waals surface area (Å²) in [6, 6.07) is 12.3. The second kappa shape index (κ2) is 7.43. The molecule has 0 unspecified atom stereocenters. The van der Waals surface area contributed by atoms with Gasteiger partial charge in [0.05, 0.1) is 23.8 Å². The Morgan fingerprint density at radius 1 is 1.19 bits per heavy atom. The predicted molar refractivity (Wildman–Crippen MR) is 97.5 cm³/mol. The van der Waals surface area contributed by atoms with Crippen molar-refractivity contribution >= 4 is 0 Å². The maximum Gasteiger partial charge on any atom is 0.137 e. The zero-order valence-electron chi connectivity index (χ0n) is 15.0. The van der Waals surface area contributed by atoms with E-state index in [-0.39, 0.29) is 12.0 Å². The van der Waals surface area contributed by atoms with Crippen molar-refractivity contribution in [3.8, 4) is 0 Å². The number of benzene rings is 1. The average molecular weight is 352 g/mol. The van der Waals surface area contributed by atoms with Crippen LogP contribution in [0.25, 0.3) is 0 Å². The SMILES string of the molecule is Cc1cc(C[C@@H]2CN(Cc3cncn3Cc3ccccc3)C[C@H]2O)on1. The Morgan fingerprint density at radius 3 is 2.81 bits per heavy atom. The van der Waals surface area contributed by atoms with Crippen molar-refractivity contribution in [1.82, 2.24) is 19.6 Å². The maximum absolute atomic E-state index is 10.4. The van der Waals surface area contributed by atoms with Gasteiger partial charge in [0.15, 0.2) is 0 Å². The molecule has 0 bridgehead atoms. The van der Waals surface area contributed by atoms with Gasteiger partial charge in [0.1, 0.15) is 5.76 Å². The molecular formula is C20H24N4O2. The van der Waals surface area contributed by atoms with Crippen molar-refractivity contribution in [2.75, 3.05) is 13.1 Å². The smallest absolute Gasteiger partial charge is 0.137 e. The lowest BCUT2D eigenvalue weighted by Crippen LogP contribution is -2.23. The van der Waals surface area contributed by atoms with E-state index in [2.05, 4.69) is 43.9 Å². The summed E-state index contributed by atoms with van der Waals surface area (Å²) in [5, 5.41) is 14.4. The molecule has 2 atom stereocenters. The first kappa shape index (κ1) is 17.0. The number of aliphatic hydroxyl groups is 1. The highest BCUT2D eigenvalue weighted by Gasteiger charge is 2.32. The molecule has 4 rings (SSSR count). The van der Waals surface area contributed by atoms with Crippen molar-refractivity contribution < 1.29 is 9.63 Å². The lowest BCUT2D eigenvalue weighted by Gasteiger charge is -2.16. The van der Waals surface area contributed by atoms with Crippen LogP contribution in [0.5, 0.6) is 0 Å². The van der Waals surface area contributed by atoms with Gasteiger partial charge < -0.3 is 14.2 Å². The molecule has 1 saturated heterocycles. The minimum Gasteiger partial charge on any atom is -0.391 e. The summed E-state index contributed by atoms with van der Waals surface area (Å²) in [6.07, 6.45) is 4.18. The topological polar surface area (TPSA) is 67.3 Å². The molecule has 1 aliphatic rings. The number of nitrogens with zero attached hydrogens (tertiary/aromatic N) is 4. The van der Waals surface area contributed by atoms with Crippen LogP contribution in [0.2, 0.25) is 0 Å². The zero-order chi connectivity index (χ0) is 17.9. The number of aliphatic hydroxyl groups excluding tert-OH is 1. The highest BCUT2D eigenvalue weighted by Crippen LogP contribution is 2.23. The van der Waals surface area contributed by atoms with Crippen LogP contribution < -0.4 is 0 Å². The number of hydrogen-bond donors (Lipinski definition) is 1. The average Bonchev–Trinajstić information content (AvgIpc) is 3.32. The molecule has 136 valence electrons. The largest absolute Gasteiger partial charge is 0.391 e. The first-order valence-electron chi connectivity index (χ1n) is 9.03. The van der Waals surface area contributed by atoms with Gasteiger partial charge in [-0.3, -0.25) is 4.90 Å². The molecular weight excluding hydrogens is 328 g/mol. The van der Waals surface area contributed by atoms with Crippen molar-refractivity contribution in [3.05, 3.63) is 71.6 Å². The minimum atomic E-state index is -0.342. The van der Waals surface area contributed by atoms with Crippen molar-refractivity contribution in [1.29, 1.82) is 0 Å². The first-order chi connectivity index (χ1) is 12.7. The Balaban J connectivity index is 1.38. The van der Waals surface area contributed by atoms with Gasteiger partial charge in [0, 0.05) is 50.8 Å². The van der Waals surface area contributed by atoms with Gasteiger partial charge in [0.25, 0.3) is 0 Å². The van der Waals surface area contributed by atoms with Crippen LogP contribution in [-0.2, 0) is 19.5 Å². The van der Waals surface area contributed by atoms with Crippen LogP contribution in [0.15, 0.2) is 53.4 Å². The molecule has 2 aromatic heterocycles. The number of aromatic nitrogens is 3. The summed E-state index contributed by atoms with van der Waals surface area (Å²) in [7, 11) is 0. The van der Waals surface area contributed by atoms with E-state index in [9.17, 15) is 5.11 Å². The fraction of sp³-hybridized carbons (Fsp3) is 0.400. The molecule has 0 radical (unpaired) electrons. The van der Waals surface area contributed by atoms with E-state index in [1.54, 1.807) is 0 Å². The summed E-state index contributed by atoms with van der Waals surface area (Å²) in [6.45, 7) is 5.03. The molecule has 1 N–H and O–H groups in total. The van der Waals surface area contributed by atoms with E-state index < -0.39 is 0 Å². The van der Waals surface area contributed by atoms with Gasteiger partial charge in [-0.25, -0.2) is 4.98 Å². The van der Waals surface area contributed by atoms with E-state index in [1.807, 2.05) is 31.6 Å². The summed E-state index contributed by atoms with van der Waals surface area (Å²) in [5.41, 5.74) is 3.30. The maximum atomic E-state index is 10.4. The highest BCUT2D eigenvalue weighted by molar-refractivity contribution is 5.16. The van der Waals surface area contributed by atoms with E-state index in [1.165, 1.54) is 5.56 Å².